The highest BCUT2D eigenvalue weighted by Crippen LogP contribution is 2.51. The van der Waals surface area contributed by atoms with Crippen LogP contribution in [0.3, 0.4) is 0 Å². The zero-order chi connectivity index (χ0) is 10.5. The Kier molecular flexibility index (Phi) is 5.24. The van der Waals surface area contributed by atoms with Crippen molar-refractivity contribution in [3.05, 3.63) is 0 Å². The van der Waals surface area contributed by atoms with Crippen LogP contribution in [-0.2, 0) is 9.09 Å². The molecule has 2 nitrogen and oxygen atoms in total. The van der Waals surface area contributed by atoms with Gasteiger partial charge in [0.05, 0.1) is 6.61 Å². The van der Waals surface area contributed by atoms with Crippen molar-refractivity contribution in [1.82, 2.24) is 0 Å². The highest BCUT2D eigenvalue weighted by Gasteiger charge is 2.28. The number of rotatable bonds is 5. The Bertz CT molecular complexity index is 172. The zero-order valence-corrected chi connectivity index (χ0v) is 10.5. The fourth-order valence-corrected chi connectivity index (χ4v) is 4.46. The fourth-order valence-electron chi connectivity index (χ4n) is 1.49. The normalized spacial score (nSPS) is 17.0. The van der Waals surface area contributed by atoms with Gasteiger partial charge >= 0.3 is 0 Å². The second-order valence-corrected chi connectivity index (χ2v) is 7.33. The van der Waals surface area contributed by atoms with Crippen LogP contribution in [0, 0.1) is 5.41 Å². The minimum atomic E-state index is -2.34. The summed E-state index contributed by atoms with van der Waals surface area (Å²) in [4.78, 5) is 0. The van der Waals surface area contributed by atoms with Crippen molar-refractivity contribution in [2.24, 2.45) is 5.41 Å². The van der Waals surface area contributed by atoms with Crippen LogP contribution in [0.4, 0.5) is 0 Å². The quantitative estimate of drug-likeness (QED) is 0.640. The molecule has 0 aromatic rings. The van der Waals surface area contributed by atoms with Crippen LogP contribution >= 0.6 is 7.37 Å². The molecule has 3 heteroatoms. The third-order valence-electron chi connectivity index (χ3n) is 1.64. The van der Waals surface area contributed by atoms with Crippen molar-refractivity contribution in [2.45, 2.75) is 41.0 Å². The summed E-state index contributed by atoms with van der Waals surface area (Å²) in [6, 6.07) is 0. The molecule has 1 unspecified atom stereocenters. The Morgan fingerprint density at radius 1 is 1.23 bits per heavy atom. The fraction of sp³-hybridized carbons (Fsp3) is 1.00. The molecule has 0 rings (SSSR count). The molecule has 0 aliphatic rings. The lowest BCUT2D eigenvalue weighted by Crippen LogP contribution is -2.14. The Morgan fingerprint density at radius 3 is 2.08 bits per heavy atom. The highest BCUT2D eigenvalue weighted by molar-refractivity contribution is 7.59. The summed E-state index contributed by atoms with van der Waals surface area (Å²) in [6.07, 6.45) is 2.35. The number of hydrogen-bond acceptors (Lipinski definition) is 2. The van der Waals surface area contributed by atoms with Gasteiger partial charge in [0.1, 0.15) is 0 Å². The standard InChI is InChI=1S/C10H23O2P/c1-6-8-13(11,12-7-2)9-10(3,4)5/h6-9H2,1-5H3. The topological polar surface area (TPSA) is 26.3 Å². The first kappa shape index (κ1) is 13.2. The minimum absolute atomic E-state index is 0.0971. The summed E-state index contributed by atoms with van der Waals surface area (Å²) in [5, 5.41) is 0. The maximum Gasteiger partial charge on any atom is 0.203 e. The second kappa shape index (κ2) is 5.17. The molecule has 0 radical (unpaired) electrons. The van der Waals surface area contributed by atoms with E-state index in [-0.39, 0.29) is 5.41 Å². The maximum absolute atomic E-state index is 12.2. The van der Waals surface area contributed by atoms with E-state index in [0.29, 0.717) is 12.8 Å². The molecule has 0 aromatic heterocycles. The summed E-state index contributed by atoms with van der Waals surface area (Å²) in [6.45, 7) is 10.8. The molecule has 0 N–H and O–H groups in total. The molecule has 80 valence electrons. The van der Waals surface area contributed by atoms with Gasteiger partial charge in [0.2, 0.25) is 7.37 Å². The predicted octanol–water partition coefficient (Wildman–Crippen LogP) is 3.76. The van der Waals surface area contributed by atoms with E-state index in [1.807, 2.05) is 13.8 Å². The molecule has 0 amide bonds. The molecule has 0 heterocycles. The molecule has 1 atom stereocenters. The van der Waals surface area contributed by atoms with Crippen molar-refractivity contribution in [2.75, 3.05) is 18.9 Å². The van der Waals surface area contributed by atoms with Gasteiger partial charge in [-0.05, 0) is 18.8 Å². The van der Waals surface area contributed by atoms with Crippen molar-refractivity contribution in [3.8, 4) is 0 Å². The molecule has 0 saturated heterocycles. The summed E-state index contributed by atoms with van der Waals surface area (Å²) in [7, 11) is -2.34. The summed E-state index contributed by atoms with van der Waals surface area (Å²) in [5.41, 5.74) is 0.0971. The lowest BCUT2D eigenvalue weighted by Gasteiger charge is -2.25. The zero-order valence-electron chi connectivity index (χ0n) is 9.59. The van der Waals surface area contributed by atoms with E-state index < -0.39 is 7.37 Å². The molecule has 0 aliphatic heterocycles. The molecule has 13 heavy (non-hydrogen) atoms. The van der Waals surface area contributed by atoms with Crippen LogP contribution in [0.5, 0.6) is 0 Å². The first-order valence-electron chi connectivity index (χ1n) is 5.05. The first-order chi connectivity index (χ1) is 5.83. The van der Waals surface area contributed by atoms with Crippen LogP contribution < -0.4 is 0 Å². The van der Waals surface area contributed by atoms with Crippen LogP contribution in [0.1, 0.15) is 41.0 Å². The van der Waals surface area contributed by atoms with Gasteiger partial charge in [-0.15, -0.1) is 0 Å². The van der Waals surface area contributed by atoms with Gasteiger partial charge in [0.25, 0.3) is 0 Å². The van der Waals surface area contributed by atoms with E-state index in [1.54, 1.807) is 0 Å². The molecular weight excluding hydrogens is 183 g/mol. The van der Waals surface area contributed by atoms with Gasteiger partial charge in [-0.3, -0.25) is 4.57 Å². The van der Waals surface area contributed by atoms with Crippen LogP contribution in [-0.4, -0.2) is 18.9 Å². The molecule has 0 bridgehead atoms. The molecule has 0 aliphatic carbocycles. The van der Waals surface area contributed by atoms with E-state index in [1.165, 1.54) is 0 Å². The van der Waals surface area contributed by atoms with Crippen molar-refractivity contribution < 1.29 is 9.09 Å². The van der Waals surface area contributed by atoms with Crippen LogP contribution in [0.15, 0.2) is 0 Å². The van der Waals surface area contributed by atoms with Gasteiger partial charge < -0.3 is 4.52 Å². The third kappa shape index (κ3) is 6.29. The third-order valence-corrected chi connectivity index (χ3v) is 4.93. The predicted molar refractivity (Wildman–Crippen MR) is 58.7 cm³/mol. The number of hydrogen-bond donors (Lipinski definition) is 0. The van der Waals surface area contributed by atoms with Gasteiger partial charge in [-0.2, -0.15) is 0 Å². The Morgan fingerprint density at radius 2 is 1.77 bits per heavy atom. The minimum Gasteiger partial charge on any atom is -0.329 e. The Labute approximate surface area is 82.5 Å². The van der Waals surface area contributed by atoms with Crippen molar-refractivity contribution >= 4 is 7.37 Å². The molecule has 0 saturated carbocycles. The van der Waals surface area contributed by atoms with Crippen molar-refractivity contribution in [1.29, 1.82) is 0 Å². The van der Waals surface area contributed by atoms with Gasteiger partial charge in [-0.25, -0.2) is 0 Å². The second-order valence-electron chi connectivity index (χ2n) is 4.67. The van der Waals surface area contributed by atoms with Gasteiger partial charge in [0.15, 0.2) is 0 Å². The maximum atomic E-state index is 12.2. The smallest absolute Gasteiger partial charge is 0.203 e. The average molecular weight is 206 g/mol. The lowest BCUT2D eigenvalue weighted by atomic mass is 10.0. The SMILES string of the molecule is CCCP(=O)(CC(C)(C)C)OCC. The van der Waals surface area contributed by atoms with Gasteiger partial charge in [0, 0.05) is 12.3 Å². The van der Waals surface area contributed by atoms with Crippen LogP contribution in [0.25, 0.3) is 0 Å². The monoisotopic (exact) mass is 206 g/mol. The largest absolute Gasteiger partial charge is 0.329 e. The average Bonchev–Trinajstić information content (AvgIpc) is 1.82. The Balaban J connectivity index is 4.33. The molecule has 0 spiro atoms. The van der Waals surface area contributed by atoms with E-state index in [0.717, 1.165) is 12.6 Å². The van der Waals surface area contributed by atoms with E-state index >= 15 is 0 Å². The van der Waals surface area contributed by atoms with Gasteiger partial charge in [-0.1, -0.05) is 27.7 Å². The molecule has 0 fully saturated rings. The molecule has 0 aromatic carbocycles. The highest BCUT2D eigenvalue weighted by atomic mass is 31.2. The lowest BCUT2D eigenvalue weighted by molar-refractivity contribution is 0.318. The summed E-state index contributed by atoms with van der Waals surface area (Å²) >= 11 is 0. The summed E-state index contributed by atoms with van der Waals surface area (Å²) in [5.74, 6) is 0. The van der Waals surface area contributed by atoms with Crippen LogP contribution in [0.2, 0.25) is 0 Å². The Hall–Kier alpha value is 0.190. The summed E-state index contributed by atoms with van der Waals surface area (Å²) < 4.78 is 17.6. The van der Waals surface area contributed by atoms with Crippen molar-refractivity contribution in [3.63, 3.8) is 0 Å². The van der Waals surface area contributed by atoms with E-state index in [9.17, 15) is 4.57 Å². The van der Waals surface area contributed by atoms with E-state index in [2.05, 4.69) is 20.8 Å². The molecular formula is C10H23O2P. The first-order valence-corrected chi connectivity index (χ1v) is 7.05. The van der Waals surface area contributed by atoms with E-state index in [4.69, 9.17) is 4.52 Å².